The summed E-state index contributed by atoms with van der Waals surface area (Å²) < 4.78 is 22.5. The van der Waals surface area contributed by atoms with Crippen molar-refractivity contribution in [1.82, 2.24) is 4.90 Å². The summed E-state index contributed by atoms with van der Waals surface area (Å²) in [5.74, 6) is 0.684. The molecule has 0 aromatic heterocycles. The van der Waals surface area contributed by atoms with Crippen molar-refractivity contribution >= 4 is 23.3 Å². The van der Waals surface area contributed by atoms with Crippen LogP contribution in [-0.2, 0) is 0 Å². The number of nitrogens with two attached hydrogens (primary N) is 1. The molecule has 2 aromatic carbocycles. The lowest BCUT2D eigenvalue weighted by Gasteiger charge is -2.21. The fraction of sp³-hybridized carbons (Fsp3) is 0.407. The predicted molar refractivity (Wildman–Crippen MR) is 139 cm³/mol. The van der Waals surface area contributed by atoms with Crippen molar-refractivity contribution < 1.29 is 33.6 Å². The number of aromatic carboxylic acids is 1. The number of fused-ring (bicyclic) bond motifs is 2. The molecule has 0 saturated carbocycles. The van der Waals surface area contributed by atoms with E-state index in [2.05, 4.69) is 11.9 Å². The van der Waals surface area contributed by atoms with E-state index >= 15 is 0 Å². The lowest BCUT2D eigenvalue weighted by molar-refractivity contribution is 0.0696. The highest BCUT2D eigenvalue weighted by atomic mass is 16.5. The number of hydrogen-bond donors (Lipinski definition) is 3. The number of nitrogens with zero attached hydrogens (tertiary/aromatic N) is 1. The van der Waals surface area contributed by atoms with Gasteiger partial charge in [0.05, 0.1) is 56.0 Å². The molecule has 1 unspecified atom stereocenters. The van der Waals surface area contributed by atoms with Crippen LogP contribution < -0.4 is 30.0 Å². The molecule has 10 heteroatoms. The second kappa shape index (κ2) is 11.3. The number of carbonyl (C=O) groups excluding carboxylic acids is 1. The van der Waals surface area contributed by atoms with Crippen molar-refractivity contribution in [2.75, 3.05) is 51.6 Å². The Labute approximate surface area is 215 Å². The molecule has 2 aromatic rings. The van der Waals surface area contributed by atoms with Gasteiger partial charge in [0.15, 0.2) is 23.0 Å². The first-order chi connectivity index (χ1) is 17.8. The molecular weight excluding hydrogens is 478 g/mol. The summed E-state index contributed by atoms with van der Waals surface area (Å²) >= 11 is 0. The molecule has 10 nitrogen and oxygen atoms in total. The number of carboxylic acid groups (broad SMARTS) is 1. The van der Waals surface area contributed by atoms with Crippen LogP contribution in [0.15, 0.2) is 36.4 Å². The zero-order valence-electron chi connectivity index (χ0n) is 21.2. The summed E-state index contributed by atoms with van der Waals surface area (Å²) in [4.78, 5) is 26.2. The zero-order valence-corrected chi connectivity index (χ0v) is 21.2. The maximum Gasteiger partial charge on any atom is 0.337 e. The van der Waals surface area contributed by atoms with Gasteiger partial charge >= 0.3 is 5.97 Å². The molecular formula is C27H33N3O7. The van der Waals surface area contributed by atoms with Gasteiger partial charge in [-0.05, 0) is 31.7 Å². The maximum atomic E-state index is 13.1. The topological polar surface area (TPSA) is 133 Å². The maximum absolute atomic E-state index is 13.1. The summed E-state index contributed by atoms with van der Waals surface area (Å²) in [7, 11) is 3.01. The van der Waals surface area contributed by atoms with Crippen LogP contribution in [0.2, 0.25) is 0 Å². The second-order valence-electron chi connectivity index (χ2n) is 9.12. The van der Waals surface area contributed by atoms with Gasteiger partial charge in [0.25, 0.3) is 5.91 Å². The zero-order chi connectivity index (χ0) is 26.5. The lowest BCUT2D eigenvalue weighted by Crippen LogP contribution is -2.36. The van der Waals surface area contributed by atoms with Gasteiger partial charge in [0, 0.05) is 31.3 Å². The van der Waals surface area contributed by atoms with Gasteiger partial charge in [-0.15, -0.1) is 0 Å². The highest BCUT2D eigenvalue weighted by Crippen LogP contribution is 2.38. The van der Waals surface area contributed by atoms with E-state index in [-0.39, 0.29) is 23.2 Å². The van der Waals surface area contributed by atoms with Gasteiger partial charge in [-0.25, -0.2) is 4.79 Å². The minimum Gasteiger partial charge on any atom is -0.493 e. The van der Waals surface area contributed by atoms with E-state index in [0.717, 1.165) is 36.9 Å². The molecule has 2 heterocycles. The molecule has 1 atom stereocenters. The van der Waals surface area contributed by atoms with Crippen molar-refractivity contribution in [3.8, 4) is 23.0 Å². The van der Waals surface area contributed by atoms with E-state index in [4.69, 9.17) is 24.7 Å². The Morgan fingerprint density at radius 2 is 1.70 bits per heavy atom. The van der Waals surface area contributed by atoms with Gasteiger partial charge < -0.3 is 40.0 Å². The van der Waals surface area contributed by atoms with E-state index in [1.165, 1.54) is 19.2 Å². The Morgan fingerprint density at radius 3 is 2.35 bits per heavy atom. The Bertz CT molecular complexity index is 1200. The number of nitrogen functional groups attached to an aromatic ring is 1. The number of ether oxygens (including phenoxy) is 4. The smallest absolute Gasteiger partial charge is 0.337 e. The Balaban J connectivity index is 1.28. The van der Waals surface area contributed by atoms with Crippen molar-refractivity contribution in [2.45, 2.75) is 31.7 Å². The second-order valence-corrected chi connectivity index (χ2v) is 9.12. The predicted octanol–water partition coefficient (Wildman–Crippen LogP) is 3.81. The number of anilines is 2. The molecule has 1 amide bonds. The molecule has 37 heavy (non-hydrogen) atoms. The largest absolute Gasteiger partial charge is 0.493 e. The quantitative estimate of drug-likeness (QED) is 0.234. The van der Waals surface area contributed by atoms with E-state index in [0.29, 0.717) is 54.9 Å². The number of benzene rings is 2. The Hall–Kier alpha value is -4.08. The van der Waals surface area contributed by atoms with Crippen LogP contribution in [0.3, 0.4) is 0 Å². The number of methoxy groups -OCH3 is 2. The third kappa shape index (κ3) is 5.68. The van der Waals surface area contributed by atoms with Crippen molar-refractivity contribution in [3.05, 3.63) is 47.5 Å². The first kappa shape index (κ1) is 26.0. The van der Waals surface area contributed by atoms with Gasteiger partial charge in [-0.1, -0.05) is 12.2 Å². The molecule has 4 rings (SSSR count). The van der Waals surface area contributed by atoms with Crippen molar-refractivity contribution in [2.24, 2.45) is 0 Å². The molecule has 0 radical (unpaired) electrons. The van der Waals surface area contributed by atoms with Crippen LogP contribution in [-0.4, -0.2) is 68.4 Å². The van der Waals surface area contributed by atoms with Crippen LogP contribution in [0.5, 0.6) is 23.0 Å². The fourth-order valence-corrected chi connectivity index (χ4v) is 4.61. The molecule has 1 saturated heterocycles. The van der Waals surface area contributed by atoms with Crippen molar-refractivity contribution in [3.63, 3.8) is 0 Å². The Kier molecular flexibility index (Phi) is 7.95. The molecule has 0 aliphatic carbocycles. The molecule has 0 bridgehead atoms. The van der Waals surface area contributed by atoms with Crippen LogP contribution in [0.25, 0.3) is 0 Å². The van der Waals surface area contributed by atoms with Crippen LogP contribution >= 0.6 is 0 Å². The number of carboxylic acids is 1. The first-order valence-electron chi connectivity index (χ1n) is 12.2. The number of nitrogens with one attached hydrogen (secondary N) is 1. The van der Waals surface area contributed by atoms with E-state index in [9.17, 15) is 14.7 Å². The fourth-order valence-electron chi connectivity index (χ4n) is 4.61. The third-order valence-electron chi connectivity index (χ3n) is 6.55. The third-order valence-corrected chi connectivity index (χ3v) is 6.55. The van der Waals surface area contributed by atoms with Crippen LogP contribution in [0.1, 0.15) is 46.4 Å². The molecule has 2 aliphatic rings. The molecule has 198 valence electrons. The van der Waals surface area contributed by atoms with Gasteiger partial charge in [-0.3, -0.25) is 4.79 Å². The highest BCUT2D eigenvalue weighted by molar-refractivity contribution is 6.02. The first-order valence-corrected chi connectivity index (χ1v) is 12.2. The molecule has 0 spiro atoms. The minimum atomic E-state index is -1.12. The molecule has 2 aliphatic heterocycles. The summed E-state index contributed by atoms with van der Waals surface area (Å²) in [6.45, 7) is 6.18. The molecule has 1 fully saturated rings. The van der Waals surface area contributed by atoms with Crippen LogP contribution in [0, 0.1) is 0 Å². The normalized spacial score (nSPS) is 16.4. The minimum absolute atomic E-state index is 0.0236. The number of amides is 1. The van der Waals surface area contributed by atoms with Gasteiger partial charge in [-0.2, -0.15) is 0 Å². The lowest BCUT2D eigenvalue weighted by atomic mass is 10.1. The summed E-state index contributed by atoms with van der Waals surface area (Å²) in [6, 6.07) is 6.51. The standard InChI is InChI=1S/C27H33N3O7/c1-16-9-17-14-29-21-13-25(23(35-3)11-19(21)26(31)30(17)15-16)37-8-6-4-5-7-36-24-12-20(28)18(27(32)33)10-22(24)34-2/h10-13,17,29H,1,4-9,14-15,28H2,2-3H3,(H,32,33). The number of carbonyl (C=O) groups is 2. The SMILES string of the molecule is C=C1CC2CNc3cc(OCCCCCOc4cc(N)c(C(=O)O)cc4OC)c(OC)cc3C(=O)N2C1. The van der Waals surface area contributed by atoms with Crippen molar-refractivity contribution in [1.29, 1.82) is 0 Å². The number of hydrogen-bond acceptors (Lipinski definition) is 8. The van der Waals surface area contributed by atoms with E-state index in [1.54, 1.807) is 13.2 Å². The number of unbranched alkanes of at least 4 members (excludes halogenated alkanes) is 2. The summed E-state index contributed by atoms with van der Waals surface area (Å²) in [6.07, 6.45) is 3.19. The number of rotatable bonds is 11. The van der Waals surface area contributed by atoms with Crippen LogP contribution in [0.4, 0.5) is 11.4 Å². The summed E-state index contributed by atoms with van der Waals surface area (Å²) in [5, 5.41) is 12.6. The average Bonchev–Trinajstić information content (AvgIpc) is 3.21. The monoisotopic (exact) mass is 511 g/mol. The van der Waals surface area contributed by atoms with Gasteiger partial charge in [0.2, 0.25) is 0 Å². The van der Waals surface area contributed by atoms with E-state index in [1.807, 2.05) is 11.0 Å². The molecule has 4 N–H and O–H groups in total. The van der Waals surface area contributed by atoms with Gasteiger partial charge in [0.1, 0.15) is 0 Å². The highest BCUT2D eigenvalue weighted by Gasteiger charge is 2.35. The average molecular weight is 512 g/mol. The Morgan fingerprint density at radius 1 is 1.05 bits per heavy atom. The summed E-state index contributed by atoms with van der Waals surface area (Å²) in [5.41, 5.74) is 8.29. The van der Waals surface area contributed by atoms with E-state index < -0.39 is 5.97 Å².